The van der Waals surface area contributed by atoms with E-state index in [2.05, 4.69) is 10.7 Å². The average molecular weight is 244 g/mol. The lowest BCUT2D eigenvalue weighted by Crippen LogP contribution is -2.51. The fourth-order valence-corrected chi connectivity index (χ4v) is 1.73. The first-order chi connectivity index (χ1) is 8.10. The molecule has 0 saturated heterocycles. The van der Waals surface area contributed by atoms with Crippen molar-refractivity contribution in [3.63, 3.8) is 0 Å². The van der Waals surface area contributed by atoms with E-state index in [0.717, 1.165) is 6.42 Å². The maximum atomic E-state index is 11.6. The number of nitrogens with two attached hydrogens (primary N) is 1. The molecule has 0 bridgehead atoms. The van der Waals surface area contributed by atoms with E-state index in [9.17, 15) is 9.59 Å². The molecule has 6 heteroatoms. The molecule has 2 amide bonds. The van der Waals surface area contributed by atoms with E-state index in [-0.39, 0.29) is 24.4 Å². The van der Waals surface area contributed by atoms with Gasteiger partial charge in [-0.25, -0.2) is 5.84 Å². The van der Waals surface area contributed by atoms with Crippen LogP contribution in [0, 0.1) is 0 Å². The Morgan fingerprint density at radius 1 is 1.29 bits per heavy atom. The van der Waals surface area contributed by atoms with Gasteiger partial charge >= 0.3 is 0 Å². The van der Waals surface area contributed by atoms with E-state index in [4.69, 9.17) is 5.84 Å². The molecule has 0 saturated carbocycles. The first-order valence-electron chi connectivity index (χ1n) is 6.11. The van der Waals surface area contributed by atoms with E-state index in [0.29, 0.717) is 19.5 Å². The fourth-order valence-electron chi connectivity index (χ4n) is 1.73. The lowest BCUT2D eigenvalue weighted by Gasteiger charge is -2.28. The van der Waals surface area contributed by atoms with Crippen LogP contribution < -0.4 is 16.6 Å². The topological polar surface area (TPSA) is 87.5 Å². The van der Waals surface area contributed by atoms with Crippen LogP contribution >= 0.6 is 0 Å². The highest BCUT2D eigenvalue weighted by molar-refractivity contribution is 5.83. The second kappa shape index (κ2) is 8.95. The van der Waals surface area contributed by atoms with Crippen molar-refractivity contribution in [2.75, 3.05) is 19.6 Å². The minimum Gasteiger partial charge on any atom is -0.355 e. The molecule has 0 spiro atoms. The Bertz CT molecular complexity index is 246. The number of hydrogen-bond donors (Lipinski definition) is 3. The molecule has 100 valence electrons. The molecule has 0 aliphatic rings. The van der Waals surface area contributed by atoms with Crippen LogP contribution in [0.4, 0.5) is 0 Å². The summed E-state index contributed by atoms with van der Waals surface area (Å²) >= 11 is 0. The van der Waals surface area contributed by atoms with E-state index in [1.54, 1.807) is 0 Å². The van der Waals surface area contributed by atoms with E-state index in [1.807, 2.05) is 25.7 Å². The Labute approximate surface area is 103 Å². The fraction of sp³-hybridized carbons (Fsp3) is 0.818. The molecule has 0 aliphatic carbocycles. The summed E-state index contributed by atoms with van der Waals surface area (Å²) in [4.78, 5) is 25.0. The van der Waals surface area contributed by atoms with Crippen molar-refractivity contribution in [1.29, 1.82) is 0 Å². The summed E-state index contributed by atoms with van der Waals surface area (Å²) in [5, 5.41) is 2.72. The van der Waals surface area contributed by atoms with Crippen molar-refractivity contribution >= 4 is 11.8 Å². The van der Waals surface area contributed by atoms with Crippen LogP contribution in [0.3, 0.4) is 0 Å². The van der Waals surface area contributed by atoms with Gasteiger partial charge in [-0.3, -0.25) is 19.9 Å². The van der Waals surface area contributed by atoms with Crippen molar-refractivity contribution in [2.45, 2.75) is 39.7 Å². The second-order valence-corrected chi connectivity index (χ2v) is 3.83. The van der Waals surface area contributed by atoms with Crippen molar-refractivity contribution in [3.05, 3.63) is 0 Å². The summed E-state index contributed by atoms with van der Waals surface area (Å²) in [6, 6.07) is -0.336. The SMILES string of the molecule is CCCC(C(=O)NN)N(CC)CC(=O)NCC. The Morgan fingerprint density at radius 2 is 1.94 bits per heavy atom. The molecule has 4 N–H and O–H groups in total. The third kappa shape index (κ3) is 5.65. The van der Waals surface area contributed by atoms with Crippen LogP contribution in [0.2, 0.25) is 0 Å². The summed E-state index contributed by atoms with van der Waals surface area (Å²) in [5.41, 5.74) is 2.16. The monoisotopic (exact) mass is 244 g/mol. The predicted octanol–water partition coefficient (Wildman–Crippen LogP) is -0.397. The largest absolute Gasteiger partial charge is 0.355 e. The molecule has 0 aromatic rings. The number of nitrogens with one attached hydrogen (secondary N) is 2. The summed E-state index contributed by atoms with van der Waals surface area (Å²) in [6.45, 7) is 7.24. The highest BCUT2D eigenvalue weighted by Gasteiger charge is 2.24. The molecular formula is C11H24N4O2. The van der Waals surface area contributed by atoms with Crippen LogP contribution in [0.5, 0.6) is 0 Å². The van der Waals surface area contributed by atoms with E-state index in [1.165, 1.54) is 0 Å². The van der Waals surface area contributed by atoms with Crippen molar-refractivity contribution < 1.29 is 9.59 Å². The summed E-state index contributed by atoms with van der Waals surface area (Å²) in [6.07, 6.45) is 1.56. The number of hydrogen-bond acceptors (Lipinski definition) is 4. The van der Waals surface area contributed by atoms with E-state index < -0.39 is 0 Å². The number of carbonyl (C=O) groups is 2. The van der Waals surface area contributed by atoms with Crippen molar-refractivity contribution in [1.82, 2.24) is 15.6 Å². The van der Waals surface area contributed by atoms with Crippen LogP contribution in [-0.4, -0.2) is 42.4 Å². The van der Waals surface area contributed by atoms with E-state index >= 15 is 0 Å². The Hall–Kier alpha value is -1.14. The van der Waals surface area contributed by atoms with Crippen molar-refractivity contribution in [3.8, 4) is 0 Å². The summed E-state index contributed by atoms with van der Waals surface area (Å²) in [5.74, 6) is 4.85. The lowest BCUT2D eigenvalue weighted by atomic mass is 10.1. The number of likely N-dealkylation sites (N-methyl/N-ethyl adjacent to an activating group) is 2. The zero-order chi connectivity index (χ0) is 13.3. The molecule has 0 aliphatic heterocycles. The van der Waals surface area contributed by atoms with Gasteiger partial charge in [-0.1, -0.05) is 20.3 Å². The van der Waals surface area contributed by atoms with Gasteiger partial charge in [-0.15, -0.1) is 0 Å². The normalized spacial score (nSPS) is 12.3. The number of carbonyl (C=O) groups excluding carboxylic acids is 2. The third-order valence-electron chi connectivity index (χ3n) is 2.57. The highest BCUT2D eigenvalue weighted by atomic mass is 16.2. The van der Waals surface area contributed by atoms with Gasteiger partial charge in [0.25, 0.3) is 5.91 Å². The Balaban J connectivity index is 4.54. The molecule has 0 aromatic carbocycles. The molecule has 1 unspecified atom stereocenters. The van der Waals surface area contributed by atoms with Crippen LogP contribution in [-0.2, 0) is 9.59 Å². The highest BCUT2D eigenvalue weighted by Crippen LogP contribution is 2.06. The van der Waals surface area contributed by atoms with Gasteiger partial charge in [-0.2, -0.15) is 0 Å². The second-order valence-electron chi connectivity index (χ2n) is 3.83. The van der Waals surface area contributed by atoms with Crippen LogP contribution in [0.1, 0.15) is 33.6 Å². The van der Waals surface area contributed by atoms with Gasteiger partial charge in [0.05, 0.1) is 12.6 Å². The molecule has 0 fully saturated rings. The van der Waals surface area contributed by atoms with Gasteiger partial charge in [0, 0.05) is 6.54 Å². The molecule has 0 rings (SSSR count). The zero-order valence-electron chi connectivity index (χ0n) is 11.0. The minimum atomic E-state index is -0.336. The Morgan fingerprint density at radius 3 is 2.35 bits per heavy atom. The van der Waals surface area contributed by atoms with Gasteiger partial charge in [-0.05, 0) is 19.9 Å². The molecule has 17 heavy (non-hydrogen) atoms. The smallest absolute Gasteiger partial charge is 0.251 e. The molecule has 0 radical (unpaired) electrons. The predicted molar refractivity (Wildman–Crippen MR) is 67.0 cm³/mol. The average Bonchev–Trinajstić information content (AvgIpc) is 2.33. The number of nitrogens with zero attached hydrogens (tertiary/aromatic N) is 1. The standard InChI is InChI=1S/C11H24N4O2/c1-4-7-9(11(17)14-12)15(6-3)8-10(16)13-5-2/h9H,4-8,12H2,1-3H3,(H,13,16)(H,14,17). The van der Waals surface area contributed by atoms with Crippen molar-refractivity contribution in [2.24, 2.45) is 5.84 Å². The molecule has 0 heterocycles. The number of rotatable bonds is 8. The van der Waals surface area contributed by atoms with Crippen LogP contribution in [0.15, 0.2) is 0 Å². The molecular weight excluding hydrogens is 220 g/mol. The Kier molecular flexibility index (Phi) is 8.35. The maximum Gasteiger partial charge on any atom is 0.251 e. The molecule has 0 aromatic heterocycles. The molecule has 6 nitrogen and oxygen atoms in total. The first-order valence-corrected chi connectivity index (χ1v) is 6.11. The lowest BCUT2D eigenvalue weighted by molar-refractivity contribution is -0.129. The van der Waals surface area contributed by atoms with Gasteiger partial charge < -0.3 is 5.32 Å². The molecule has 1 atom stereocenters. The third-order valence-corrected chi connectivity index (χ3v) is 2.57. The summed E-state index contributed by atoms with van der Waals surface area (Å²) in [7, 11) is 0. The van der Waals surface area contributed by atoms with Gasteiger partial charge in [0.15, 0.2) is 0 Å². The number of amides is 2. The number of hydrazine groups is 1. The van der Waals surface area contributed by atoms with Gasteiger partial charge in [0.2, 0.25) is 5.91 Å². The zero-order valence-corrected chi connectivity index (χ0v) is 11.0. The quantitative estimate of drug-likeness (QED) is 0.308. The minimum absolute atomic E-state index is 0.0692. The van der Waals surface area contributed by atoms with Gasteiger partial charge in [0.1, 0.15) is 0 Å². The maximum absolute atomic E-state index is 11.6. The van der Waals surface area contributed by atoms with Crippen LogP contribution in [0.25, 0.3) is 0 Å². The summed E-state index contributed by atoms with van der Waals surface area (Å²) < 4.78 is 0. The first kappa shape index (κ1) is 15.9.